The highest BCUT2D eigenvalue weighted by Crippen LogP contribution is 2.30. The number of imidazole rings is 1. The summed E-state index contributed by atoms with van der Waals surface area (Å²) in [6, 6.07) is 9.39. The van der Waals surface area contributed by atoms with Crippen molar-refractivity contribution in [3.05, 3.63) is 68.3 Å². The first-order valence-corrected chi connectivity index (χ1v) is 14.5. The van der Waals surface area contributed by atoms with E-state index in [0.29, 0.717) is 45.8 Å². The molecule has 10 heteroatoms. The summed E-state index contributed by atoms with van der Waals surface area (Å²) in [6.07, 6.45) is 6.71. The standard InChI is InChI=1S/C29H32N6O3S/c1-18(15-19-7-6-14-39-19)31-22-8-9-30-27(36)25(22)26-32-23-16-20-21(17-24(23)33-26)29(38)35(28(20)37)13-5-4-12-34-10-2-3-11-34/h6-9,14,16-18H,2-5,10-13,15H2,1H3,(H,32,33)(H2,30,31,36)/t18-/m0/s1. The molecule has 39 heavy (non-hydrogen) atoms. The minimum absolute atomic E-state index is 0.0916. The Kier molecular flexibility index (Phi) is 7.05. The fourth-order valence-electron chi connectivity index (χ4n) is 5.61. The lowest BCUT2D eigenvalue weighted by Crippen LogP contribution is -2.31. The molecule has 0 aliphatic carbocycles. The maximum atomic E-state index is 13.1. The van der Waals surface area contributed by atoms with Crippen LogP contribution in [0.3, 0.4) is 0 Å². The monoisotopic (exact) mass is 544 g/mol. The average molecular weight is 545 g/mol. The Morgan fingerprint density at radius 3 is 2.59 bits per heavy atom. The van der Waals surface area contributed by atoms with Gasteiger partial charge in [-0.1, -0.05) is 6.07 Å². The molecule has 2 aliphatic rings. The molecule has 1 aromatic carbocycles. The Morgan fingerprint density at radius 2 is 1.82 bits per heavy atom. The van der Waals surface area contributed by atoms with Crippen LogP contribution in [-0.2, 0) is 6.42 Å². The minimum Gasteiger partial charge on any atom is -0.381 e. The molecule has 4 aromatic rings. The van der Waals surface area contributed by atoms with Crippen LogP contribution < -0.4 is 10.9 Å². The molecule has 1 atom stereocenters. The molecule has 6 rings (SSSR count). The number of benzene rings is 1. The summed E-state index contributed by atoms with van der Waals surface area (Å²) < 4.78 is 0. The van der Waals surface area contributed by atoms with Crippen molar-refractivity contribution >= 4 is 39.9 Å². The number of nitrogens with zero attached hydrogens (tertiary/aromatic N) is 3. The van der Waals surface area contributed by atoms with Gasteiger partial charge in [-0.25, -0.2) is 4.98 Å². The summed E-state index contributed by atoms with van der Waals surface area (Å²) in [5.41, 5.74) is 2.69. The molecule has 1 fully saturated rings. The zero-order valence-electron chi connectivity index (χ0n) is 22.0. The highest BCUT2D eigenvalue weighted by atomic mass is 32.1. The van der Waals surface area contributed by atoms with Crippen LogP contribution in [0, 0.1) is 0 Å². The molecule has 9 nitrogen and oxygen atoms in total. The van der Waals surface area contributed by atoms with Gasteiger partial charge >= 0.3 is 0 Å². The van der Waals surface area contributed by atoms with Crippen molar-refractivity contribution in [1.82, 2.24) is 24.8 Å². The van der Waals surface area contributed by atoms with Crippen molar-refractivity contribution in [3.63, 3.8) is 0 Å². The molecular formula is C29H32N6O3S. The summed E-state index contributed by atoms with van der Waals surface area (Å²) in [5, 5.41) is 5.50. The summed E-state index contributed by atoms with van der Waals surface area (Å²) in [7, 11) is 0. The molecule has 2 amide bonds. The second kappa shape index (κ2) is 10.8. The van der Waals surface area contributed by atoms with E-state index in [1.54, 1.807) is 29.7 Å². The predicted octanol–water partition coefficient (Wildman–Crippen LogP) is 4.49. The molecule has 1 saturated heterocycles. The van der Waals surface area contributed by atoms with Crippen molar-refractivity contribution < 1.29 is 9.59 Å². The number of nitrogens with one attached hydrogen (secondary N) is 3. The second-order valence-electron chi connectivity index (χ2n) is 10.4. The van der Waals surface area contributed by atoms with E-state index in [1.165, 1.54) is 22.6 Å². The summed E-state index contributed by atoms with van der Waals surface area (Å²) in [6.45, 7) is 5.80. The molecule has 0 saturated carbocycles. The van der Waals surface area contributed by atoms with E-state index in [0.717, 1.165) is 38.9 Å². The minimum atomic E-state index is -0.276. The Morgan fingerprint density at radius 1 is 1.05 bits per heavy atom. The van der Waals surface area contributed by atoms with Crippen LogP contribution in [0.5, 0.6) is 0 Å². The van der Waals surface area contributed by atoms with E-state index in [-0.39, 0.29) is 23.4 Å². The van der Waals surface area contributed by atoms with Crippen LogP contribution in [0.4, 0.5) is 5.69 Å². The number of amides is 2. The lowest BCUT2D eigenvalue weighted by Gasteiger charge is -2.16. The number of carbonyl (C=O) groups is 2. The van der Waals surface area contributed by atoms with Gasteiger partial charge in [-0.15, -0.1) is 11.3 Å². The predicted molar refractivity (Wildman–Crippen MR) is 154 cm³/mol. The van der Waals surface area contributed by atoms with Gasteiger partial charge in [0.05, 0.1) is 27.8 Å². The number of anilines is 1. The molecular weight excluding hydrogens is 512 g/mol. The number of imide groups is 1. The zero-order chi connectivity index (χ0) is 26.9. The van der Waals surface area contributed by atoms with E-state index < -0.39 is 0 Å². The van der Waals surface area contributed by atoms with Crippen LogP contribution >= 0.6 is 11.3 Å². The van der Waals surface area contributed by atoms with Gasteiger partial charge in [-0.2, -0.15) is 0 Å². The number of pyridine rings is 1. The quantitative estimate of drug-likeness (QED) is 0.200. The van der Waals surface area contributed by atoms with Crippen LogP contribution in [0.15, 0.2) is 46.7 Å². The molecule has 0 radical (unpaired) electrons. The Balaban J connectivity index is 1.21. The molecule has 5 heterocycles. The third-order valence-corrected chi connectivity index (χ3v) is 8.46. The first kappa shape index (κ1) is 25.5. The van der Waals surface area contributed by atoms with Crippen LogP contribution in [-0.4, -0.2) is 68.8 Å². The number of aromatic amines is 2. The molecule has 2 aliphatic heterocycles. The highest BCUT2D eigenvalue weighted by molar-refractivity contribution is 7.09. The third kappa shape index (κ3) is 5.14. The van der Waals surface area contributed by atoms with E-state index in [9.17, 15) is 14.4 Å². The molecule has 0 bridgehead atoms. The molecule has 3 N–H and O–H groups in total. The van der Waals surface area contributed by atoms with Gasteiger partial charge in [-0.05, 0) is 81.9 Å². The van der Waals surface area contributed by atoms with Gasteiger partial charge in [0.2, 0.25) is 0 Å². The van der Waals surface area contributed by atoms with Gasteiger partial charge in [0.1, 0.15) is 11.4 Å². The van der Waals surface area contributed by atoms with Crippen LogP contribution in [0.25, 0.3) is 22.4 Å². The summed E-state index contributed by atoms with van der Waals surface area (Å²) >= 11 is 1.70. The largest absolute Gasteiger partial charge is 0.381 e. The molecule has 202 valence electrons. The fraction of sp³-hybridized carbons (Fsp3) is 0.379. The van der Waals surface area contributed by atoms with E-state index in [2.05, 4.69) is 43.5 Å². The van der Waals surface area contributed by atoms with Crippen molar-refractivity contribution in [2.75, 3.05) is 31.5 Å². The average Bonchev–Trinajstić information content (AvgIpc) is 3.71. The number of unbranched alkanes of at least 4 members (excludes halogenated alkanes) is 1. The number of hydrogen-bond acceptors (Lipinski definition) is 7. The van der Waals surface area contributed by atoms with Crippen LogP contribution in [0.2, 0.25) is 0 Å². The Hall–Kier alpha value is -3.76. The topological polar surface area (TPSA) is 114 Å². The molecule has 3 aromatic heterocycles. The number of likely N-dealkylation sites (tertiary alicyclic amines) is 1. The lowest BCUT2D eigenvalue weighted by atomic mass is 10.1. The smallest absolute Gasteiger partial charge is 0.261 e. The third-order valence-electron chi connectivity index (χ3n) is 7.56. The van der Waals surface area contributed by atoms with E-state index in [1.807, 2.05) is 12.1 Å². The summed E-state index contributed by atoms with van der Waals surface area (Å²) in [4.78, 5) is 54.8. The normalized spacial score (nSPS) is 16.4. The van der Waals surface area contributed by atoms with Gasteiger partial charge in [-0.3, -0.25) is 19.3 Å². The SMILES string of the molecule is C[C@@H](Cc1cccs1)Nc1cc[nH]c(=O)c1-c1nc2cc3c(cc2[nH]1)C(=O)N(CCCCN1CCCC1)C3=O. The number of thiophene rings is 1. The fourth-order valence-corrected chi connectivity index (χ4v) is 6.44. The second-order valence-corrected chi connectivity index (χ2v) is 11.5. The van der Waals surface area contributed by atoms with E-state index in [4.69, 9.17) is 0 Å². The Bertz CT molecular complexity index is 1510. The van der Waals surface area contributed by atoms with Gasteiger partial charge in [0.25, 0.3) is 17.4 Å². The number of rotatable bonds is 10. The first-order valence-electron chi connectivity index (χ1n) is 13.6. The van der Waals surface area contributed by atoms with Crippen molar-refractivity contribution in [2.24, 2.45) is 0 Å². The van der Waals surface area contributed by atoms with Gasteiger partial charge in [0.15, 0.2) is 0 Å². The van der Waals surface area contributed by atoms with Crippen LogP contribution in [0.1, 0.15) is 58.2 Å². The molecule has 0 unspecified atom stereocenters. The van der Waals surface area contributed by atoms with Gasteiger partial charge < -0.3 is 20.2 Å². The Labute approximate surface area is 230 Å². The number of hydrogen-bond donors (Lipinski definition) is 3. The lowest BCUT2D eigenvalue weighted by molar-refractivity contribution is 0.0650. The first-order chi connectivity index (χ1) is 19.0. The maximum absolute atomic E-state index is 13.1. The molecule has 0 spiro atoms. The number of carbonyl (C=O) groups excluding carboxylic acids is 2. The number of fused-ring (bicyclic) bond motifs is 2. The number of aromatic nitrogens is 3. The van der Waals surface area contributed by atoms with Crippen molar-refractivity contribution in [2.45, 2.75) is 45.1 Å². The zero-order valence-corrected chi connectivity index (χ0v) is 22.8. The van der Waals surface area contributed by atoms with Crippen molar-refractivity contribution in [1.29, 1.82) is 0 Å². The summed E-state index contributed by atoms with van der Waals surface area (Å²) in [5.74, 6) is -0.151. The highest BCUT2D eigenvalue weighted by Gasteiger charge is 2.36. The van der Waals surface area contributed by atoms with E-state index >= 15 is 0 Å². The maximum Gasteiger partial charge on any atom is 0.261 e. The van der Waals surface area contributed by atoms with Crippen molar-refractivity contribution in [3.8, 4) is 11.4 Å². The number of H-pyrrole nitrogens is 2. The van der Waals surface area contributed by atoms with Gasteiger partial charge in [0, 0.05) is 30.1 Å².